The fraction of sp³-hybridized carbons (Fsp3) is 0.286. The van der Waals surface area contributed by atoms with E-state index in [1.165, 1.54) is 0 Å². The van der Waals surface area contributed by atoms with E-state index in [0.717, 1.165) is 13.3 Å². The van der Waals surface area contributed by atoms with Gasteiger partial charge in [-0.15, -0.1) is 0 Å². The molecule has 0 saturated carbocycles. The summed E-state index contributed by atoms with van der Waals surface area (Å²) in [6.45, 7) is 0. The molecule has 7 heteroatoms. The highest BCUT2D eigenvalue weighted by Gasteiger charge is 2.22. The van der Waals surface area contributed by atoms with Crippen LogP contribution < -0.4 is 11.2 Å². The molecule has 1 unspecified atom stereocenters. The first kappa shape index (κ1) is 10.2. The molecule has 7 nitrogen and oxygen atoms in total. The minimum atomic E-state index is -1.38. The van der Waals surface area contributed by atoms with Crippen LogP contribution in [0.5, 0.6) is 0 Å². The lowest BCUT2D eigenvalue weighted by atomic mass is 10.2. The third kappa shape index (κ3) is 1.88. The van der Waals surface area contributed by atoms with Crippen LogP contribution in [0.15, 0.2) is 15.8 Å². The summed E-state index contributed by atoms with van der Waals surface area (Å²) in [4.78, 5) is 36.4. The third-order valence-corrected chi connectivity index (χ3v) is 1.59. The number of aliphatic carboxylic acids is 1. The largest absolute Gasteiger partial charge is 0.479 e. The second-order valence-electron chi connectivity index (χ2n) is 2.48. The van der Waals surface area contributed by atoms with Gasteiger partial charge in [0.15, 0.2) is 6.10 Å². The van der Waals surface area contributed by atoms with Crippen LogP contribution in [0.1, 0.15) is 11.7 Å². The number of carbonyl (C=O) groups is 1. The number of aromatic amines is 2. The summed E-state index contributed by atoms with van der Waals surface area (Å²) in [5.74, 6) is -1.30. The molecule has 0 saturated heterocycles. The Morgan fingerprint density at radius 3 is 2.64 bits per heavy atom. The average molecular weight is 200 g/mol. The zero-order valence-electron chi connectivity index (χ0n) is 7.23. The molecule has 0 aliphatic heterocycles. The predicted molar refractivity (Wildman–Crippen MR) is 45.1 cm³/mol. The van der Waals surface area contributed by atoms with Gasteiger partial charge >= 0.3 is 11.7 Å². The monoisotopic (exact) mass is 200 g/mol. The van der Waals surface area contributed by atoms with Gasteiger partial charge in [0.1, 0.15) is 0 Å². The van der Waals surface area contributed by atoms with Gasteiger partial charge in [0, 0.05) is 13.3 Å². The van der Waals surface area contributed by atoms with Crippen molar-refractivity contribution in [2.45, 2.75) is 6.10 Å². The molecule has 0 bridgehead atoms. The summed E-state index contributed by atoms with van der Waals surface area (Å²) in [7, 11) is 1.16. The number of carboxylic acids is 1. The fourth-order valence-corrected chi connectivity index (χ4v) is 0.976. The Morgan fingerprint density at radius 1 is 1.57 bits per heavy atom. The SMILES string of the molecule is COC(C(=O)O)c1c[nH]c(=O)[nH]c1=O. The first-order valence-electron chi connectivity index (χ1n) is 3.63. The van der Waals surface area contributed by atoms with Crippen LogP contribution in [0.2, 0.25) is 0 Å². The zero-order chi connectivity index (χ0) is 10.7. The number of rotatable bonds is 3. The van der Waals surface area contributed by atoms with E-state index in [0.29, 0.717) is 0 Å². The molecule has 0 radical (unpaired) electrons. The number of hydrogen-bond donors (Lipinski definition) is 3. The van der Waals surface area contributed by atoms with Crippen molar-refractivity contribution in [3.8, 4) is 0 Å². The molecule has 0 fully saturated rings. The van der Waals surface area contributed by atoms with E-state index < -0.39 is 23.3 Å². The highest BCUT2D eigenvalue weighted by molar-refractivity contribution is 5.74. The summed E-state index contributed by atoms with van der Waals surface area (Å²) in [5.41, 5.74) is -1.62. The smallest absolute Gasteiger partial charge is 0.337 e. The van der Waals surface area contributed by atoms with Gasteiger partial charge in [0.2, 0.25) is 0 Å². The van der Waals surface area contributed by atoms with E-state index in [-0.39, 0.29) is 5.56 Å². The lowest BCUT2D eigenvalue weighted by molar-refractivity contribution is -0.149. The summed E-state index contributed by atoms with van der Waals surface area (Å²) >= 11 is 0. The summed E-state index contributed by atoms with van der Waals surface area (Å²) in [6.07, 6.45) is -0.362. The van der Waals surface area contributed by atoms with E-state index in [1.54, 1.807) is 0 Å². The van der Waals surface area contributed by atoms with Crippen LogP contribution >= 0.6 is 0 Å². The van der Waals surface area contributed by atoms with Gasteiger partial charge in [-0.25, -0.2) is 9.59 Å². The third-order valence-electron chi connectivity index (χ3n) is 1.59. The van der Waals surface area contributed by atoms with Crippen LogP contribution in [-0.2, 0) is 9.53 Å². The van der Waals surface area contributed by atoms with E-state index in [4.69, 9.17) is 5.11 Å². The molecule has 0 aromatic carbocycles. The molecule has 14 heavy (non-hydrogen) atoms. The Kier molecular flexibility index (Phi) is 2.82. The first-order valence-corrected chi connectivity index (χ1v) is 3.63. The van der Waals surface area contributed by atoms with Crippen molar-refractivity contribution < 1.29 is 14.6 Å². The molecule has 1 aromatic rings. The zero-order valence-corrected chi connectivity index (χ0v) is 7.23. The Bertz CT molecular complexity index is 446. The van der Waals surface area contributed by atoms with E-state index >= 15 is 0 Å². The quantitative estimate of drug-likeness (QED) is 0.569. The van der Waals surface area contributed by atoms with Crippen molar-refractivity contribution in [3.63, 3.8) is 0 Å². The highest BCUT2D eigenvalue weighted by Crippen LogP contribution is 2.09. The van der Waals surface area contributed by atoms with Crippen molar-refractivity contribution in [2.24, 2.45) is 0 Å². The molecule has 1 heterocycles. The van der Waals surface area contributed by atoms with Crippen LogP contribution in [0.25, 0.3) is 0 Å². The van der Waals surface area contributed by atoms with Crippen molar-refractivity contribution in [3.05, 3.63) is 32.6 Å². The van der Waals surface area contributed by atoms with Gasteiger partial charge in [0.25, 0.3) is 5.56 Å². The number of hydrogen-bond acceptors (Lipinski definition) is 4. The van der Waals surface area contributed by atoms with Gasteiger partial charge in [-0.05, 0) is 0 Å². The number of nitrogens with one attached hydrogen (secondary N) is 2. The minimum absolute atomic E-state index is 0.153. The van der Waals surface area contributed by atoms with Crippen molar-refractivity contribution in [1.82, 2.24) is 9.97 Å². The number of aromatic nitrogens is 2. The Morgan fingerprint density at radius 2 is 2.21 bits per heavy atom. The Hall–Kier alpha value is -1.89. The summed E-state index contributed by atoms with van der Waals surface area (Å²) in [6, 6.07) is 0. The summed E-state index contributed by atoms with van der Waals surface area (Å²) in [5, 5.41) is 8.65. The lowest BCUT2D eigenvalue weighted by Crippen LogP contribution is -2.29. The molecule has 0 spiro atoms. The fourth-order valence-electron chi connectivity index (χ4n) is 0.976. The maximum atomic E-state index is 11.1. The number of ether oxygens (including phenoxy) is 1. The molecular weight excluding hydrogens is 192 g/mol. The molecule has 1 aromatic heterocycles. The van der Waals surface area contributed by atoms with Crippen molar-refractivity contribution in [2.75, 3.05) is 7.11 Å². The first-order chi connectivity index (χ1) is 6.56. The predicted octanol–water partition coefficient (Wildman–Crippen LogP) is -1.16. The van der Waals surface area contributed by atoms with E-state index in [1.807, 2.05) is 4.98 Å². The molecule has 1 atom stereocenters. The topological polar surface area (TPSA) is 112 Å². The molecule has 0 aliphatic rings. The van der Waals surface area contributed by atoms with E-state index in [9.17, 15) is 14.4 Å². The van der Waals surface area contributed by atoms with Crippen LogP contribution in [0, 0.1) is 0 Å². The summed E-state index contributed by atoms with van der Waals surface area (Å²) < 4.78 is 4.58. The van der Waals surface area contributed by atoms with Gasteiger partial charge in [-0.2, -0.15) is 0 Å². The Balaban J connectivity index is 3.24. The molecule has 76 valence electrons. The van der Waals surface area contributed by atoms with Gasteiger partial charge in [-0.1, -0.05) is 0 Å². The number of H-pyrrole nitrogens is 2. The second-order valence-corrected chi connectivity index (χ2v) is 2.48. The maximum Gasteiger partial charge on any atom is 0.337 e. The molecule has 1 rings (SSSR count). The second kappa shape index (κ2) is 3.88. The van der Waals surface area contributed by atoms with Crippen LogP contribution in [0.4, 0.5) is 0 Å². The average Bonchev–Trinajstić information content (AvgIpc) is 2.09. The minimum Gasteiger partial charge on any atom is -0.479 e. The Labute approximate surface area is 77.4 Å². The highest BCUT2D eigenvalue weighted by atomic mass is 16.5. The maximum absolute atomic E-state index is 11.1. The van der Waals surface area contributed by atoms with Crippen LogP contribution in [-0.4, -0.2) is 28.2 Å². The van der Waals surface area contributed by atoms with E-state index in [2.05, 4.69) is 9.72 Å². The molecule has 3 N–H and O–H groups in total. The number of carboxylic acid groups (broad SMARTS) is 1. The van der Waals surface area contributed by atoms with Gasteiger partial charge in [-0.3, -0.25) is 9.78 Å². The molecule has 0 aliphatic carbocycles. The number of methoxy groups -OCH3 is 1. The van der Waals surface area contributed by atoms with Gasteiger partial charge < -0.3 is 14.8 Å². The van der Waals surface area contributed by atoms with Crippen molar-refractivity contribution >= 4 is 5.97 Å². The lowest BCUT2D eigenvalue weighted by Gasteiger charge is -2.07. The van der Waals surface area contributed by atoms with Crippen molar-refractivity contribution in [1.29, 1.82) is 0 Å². The molecule has 0 amide bonds. The standard InChI is InChI=1S/C7H8N2O5/c1-14-4(6(11)12)3-2-8-7(13)9-5(3)10/h2,4H,1H3,(H,11,12)(H2,8,9,10,13). The molecular formula is C7H8N2O5. The van der Waals surface area contributed by atoms with Crippen LogP contribution in [0.3, 0.4) is 0 Å². The normalized spacial score (nSPS) is 12.4. The van der Waals surface area contributed by atoms with Gasteiger partial charge in [0.05, 0.1) is 5.56 Å².